The third-order valence-electron chi connectivity index (χ3n) is 3.76. The molecule has 3 heteroatoms. The Hall–Kier alpha value is -2.00. The number of aromatic hydroxyl groups is 2. The van der Waals surface area contributed by atoms with E-state index in [1.165, 1.54) is 0 Å². The molecule has 3 nitrogen and oxygen atoms in total. The zero-order chi connectivity index (χ0) is 15.2. The van der Waals surface area contributed by atoms with E-state index in [4.69, 9.17) is 4.74 Å². The number of ether oxygens (including phenoxy) is 1. The van der Waals surface area contributed by atoms with E-state index in [2.05, 4.69) is 0 Å². The van der Waals surface area contributed by atoms with Gasteiger partial charge in [-0.2, -0.15) is 0 Å². The van der Waals surface area contributed by atoms with Gasteiger partial charge in [-0.25, -0.2) is 0 Å². The predicted octanol–water partition coefficient (Wildman–Crippen LogP) is 3.52. The van der Waals surface area contributed by atoms with Gasteiger partial charge in [0.15, 0.2) is 0 Å². The minimum Gasteiger partial charge on any atom is -0.508 e. The lowest BCUT2D eigenvalue weighted by molar-refractivity contribution is 0.139. The quantitative estimate of drug-likeness (QED) is 0.799. The lowest BCUT2D eigenvalue weighted by atomic mass is 10.0. The maximum absolute atomic E-state index is 9.81. The summed E-state index contributed by atoms with van der Waals surface area (Å²) < 4.78 is 5.64. The van der Waals surface area contributed by atoms with E-state index >= 15 is 0 Å². The Morgan fingerprint density at radius 1 is 0.762 bits per heavy atom. The topological polar surface area (TPSA) is 49.7 Å². The third-order valence-corrected chi connectivity index (χ3v) is 3.76. The molecule has 2 aromatic rings. The zero-order valence-electron chi connectivity index (χ0n) is 12.6. The van der Waals surface area contributed by atoms with Crippen molar-refractivity contribution in [1.82, 2.24) is 0 Å². The van der Waals surface area contributed by atoms with Crippen molar-refractivity contribution in [2.24, 2.45) is 0 Å². The number of benzene rings is 2. The molecule has 2 N–H and O–H groups in total. The van der Waals surface area contributed by atoms with Gasteiger partial charge in [0.05, 0.1) is 13.2 Å². The van der Waals surface area contributed by atoms with E-state index in [0.717, 1.165) is 22.3 Å². The second kappa shape index (κ2) is 7.14. The Labute approximate surface area is 125 Å². The highest BCUT2D eigenvalue weighted by Crippen LogP contribution is 2.22. The molecule has 0 bridgehead atoms. The molecule has 2 aromatic carbocycles. The summed E-state index contributed by atoms with van der Waals surface area (Å²) in [5, 5.41) is 19.6. The van der Waals surface area contributed by atoms with Crippen LogP contribution in [0.5, 0.6) is 11.5 Å². The van der Waals surface area contributed by atoms with Crippen LogP contribution in [0.3, 0.4) is 0 Å². The fourth-order valence-electron chi connectivity index (χ4n) is 2.47. The molecule has 0 amide bonds. The Morgan fingerprint density at radius 2 is 1.19 bits per heavy atom. The van der Waals surface area contributed by atoms with Gasteiger partial charge >= 0.3 is 0 Å². The van der Waals surface area contributed by atoms with Crippen molar-refractivity contribution >= 4 is 0 Å². The van der Waals surface area contributed by atoms with Crippen molar-refractivity contribution in [3.05, 3.63) is 58.7 Å². The SMILES string of the molecule is Cc1cccc(O)c1CCOCCc1c(C)cccc1O. The lowest BCUT2D eigenvalue weighted by Gasteiger charge is -2.10. The first-order chi connectivity index (χ1) is 10.1. The molecule has 0 saturated heterocycles. The van der Waals surface area contributed by atoms with Crippen molar-refractivity contribution < 1.29 is 14.9 Å². The molecule has 0 heterocycles. The predicted molar refractivity (Wildman–Crippen MR) is 83.9 cm³/mol. The first kappa shape index (κ1) is 15.4. The van der Waals surface area contributed by atoms with Gasteiger partial charge < -0.3 is 14.9 Å². The maximum atomic E-state index is 9.81. The summed E-state index contributed by atoms with van der Waals surface area (Å²) in [6, 6.07) is 11.1. The Bertz CT molecular complexity index is 511. The summed E-state index contributed by atoms with van der Waals surface area (Å²) in [7, 11) is 0. The molecule has 0 spiro atoms. The smallest absolute Gasteiger partial charge is 0.119 e. The van der Waals surface area contributed by atoms with Crippen molar-refractivity contribution in [2.75, 3.05) is 13.2 Å². The van der Waals surface area contributed by atoms with Crippen LogP contribution in [0.15, 0.2) is 36.4 Å². The summed E-state index contributed by atoms with van der Waals surface area (Å²) in [4.78, 5) is 0. The first-order valence-corrected chi connectivity index (χ1v) is 7.22. The molecule has 0 saturated carbocycles. The molecule has 0 aromatic heterocycles. The van der Waals surface area contributed by atoms with Crippen LogP contribution in [0.4, 0.5) is 0 Å². The number of phenolic OH excluding ortho intramolecular Hbond substituents is 2. The van der Waals surface area contributed by atoms with Crippen molar-refractivity contribution in [3.8, 4) is 11.5 Å². The minimum absolute atomic E-state index is 0.329. The molecule has 21 heavy (non-hydrogen) atoms. The standard InChI is InChI=1S/C18H22O3/c1-13-5-3-7-17(19)15(13)9-11-21-12-10-16-14(2)6-4-8-18(16)20/h3-8,19-20H,9-12H2,1-2H3. The van der Waals surface area contributed by atoms with Crippen LogP contribution < -0.4 is 0 Å². The van der Waals surface area contributed by atoms with E-state index in [9.17, 15) is 10.2 Å². The van der Waals surface area contributed by atoms with Crippen LogP contribution >= 0.6 is 0 Å². The van der Waals surface area contributed by atoms with Gasteiger partial charge in [-0.3, -0.25) is 0 Å². The third kappa shape index (κ3) is 3.99. The molecule has 0 radical (unpaired) electrons. The van der Waals surface area contributed by atoms with Crippen LogP contribution in [-0.2, 0) is 17.6 Å². The fourth-order valence-corrected chi connectivity index (χ4v) is 2.47. The summed E-state index contributed by atoms with van der Waals surface area (Å²) in [6.45, 7) is 5.09. The largest absolute Gasteiger partial charge is 0.508 e. The highest BCUT2D eigenvalue weighted by atomic mass is 16.5. The van der Waals surface area contributed by atoms with Crippen LogP contribution in [0.1, 0.15) is 22.3 Å². The van der Waals surface area contributed by atoms with Gasteiger partial charge in [-0.1, -0.05) is 24.3 Å². The maximum Gasteiger partial charge on any atom is 0.119 e. The summed E-state index contributed by atoms with van der Waals surface area (Å²) in [5.41, 5.74) is 4.04. The van der Waals surface area contributed by atoms with E-state index in [1.54, 1.807) is 12.1 Å². The molecule has 0 aliphatic rings. The minimum atomic E-state index is 0.329. The summed E-state index contributed by atoms with van der Waals surface area (Å²) >= 11 is 0. The number of hydrogen-bond donors (Lipinski definition) is 2. The van der Waals surface area contributed by atoms with E-state index in [-0.39, 0.29) is 0 Å². The molecule has 0 aliphatic heterocycles. The van der Waals surface area contributed by atoms with Gasteiger partial charge in [0.2, 0.25) is 0 Å². The highest BCUT2D eigenvalue weighted by molar-refractivity contribution is 5.39. The van der Waals surface area contributed by atoms with Crippen molar-refractivity contribution in [1.29, 1.82) is 0 Å². The summed E-state index contributed by atoms with van der Waals surface area (Å²) in [6.07, 6.45) is 1.39. The fraction of sp³-hybridized carbons (Fsp3) is 0.333. The Morgan fingerprint density at radius 3 is 1.57 bits per heavy atom. The summed E-state index contributed by atoms with van der Waals surface area (Å²) in [5.74, 6) is 0.658. The van der Waals surface area contributed by atoms with Crippen LogP contribution in [-0.4, -0.2) is 23.4 Å². The molecule has 112 valence electrons. The van der Waals surface area contributed by atoms with Gasteiger partial charge in [0.1, 0.15) is 11.5 Å². The lowest BCUT2D eigenvalue weighted by Crippen LogP contribution is -2.05. The normalized spacial score (nSPS) is 10.8. The average Bonchev–Trinajstić information content (AvgIpc) is 2.44. The van der Waals surface area contributed by atoms with Gasteiger partial charge in [-0.15, -0.1) is 0 Å². The number of hydrogen-bond acceptors (Lipinski definition) is 3. The zero-order valence-corrected chi connectivity index (χ0v) is 12.6. The molecule has 2 rings (SSSR count). The van der Waals surface area contributed by atoms with Crippen LogP contribution in [0.2, 0.25) is 0 Å². The second-order valence-corrected chi connectivity index (χ2v) is 5.26. The molecule has 0 fully saturated rings. The molecule has 0 aliphatic carbocycles. The number of rotatable bonds is 6. The Balaban J connectivity index is 1.81. The molecule has 0 atom stereocenters. The van der Waals surface area contributed by atoms with Crippen molar-refractivity contribution in [3.63, 3.8) is 0 Å². The molecular formula is C18H22O3. The van der Waals surface area contributed by atoms with Gasteiger partial charge in [0, 0.05) is 0 Å². The number of phenols is 2. The number of aryl methyl sites for hydroxylation is 2. The second-order valence-electron chi connectivity index (χ2n) is 5.26. The van der Waals surface area contributed by atoms with E-state index in [1.807, 2.05) is 38.1 Å². The average molecular weight is 286 g/mol. The van der Waals surface area contributed by atoms with Gasteiger partial charge in [-0.05, 0) is 61.1 Å². The van der Waals surface area contributed by atoms with E-state index in [0.29, 0.717) is 37.6 Å². The van der Waals surface area contributed by atoms with Crippen LogP contribution in [0, 0.1) is 13.8 Å². The Kier molecular flexibility index (Phi) is 5.23. The monoisotopic (exact) mass is 286 g/mol. The molecule has 0 unspecified atom stereocenters. The first-order valence-electron chi connectivity index (χ1n) is 7.22. The highest BCUT2D eigenvalue weighted by Gasteiger charge is 2.06. The van der Waals surface area contributed by atoms with Crippen LogP contribution in [0.25, 0.3) is 0 Å². The van der Waals surface area contributed by atoms with Crippen molar-refractivity contribution in [2.45, 2.75) is 26.7 Å². The molecular weight excluding hydrogens is 264 g/mol. The van der Waals surface area contributed by atoms with E-state index < -0.39 is 0 Å². The van der Waals surface area contributed by atoms with Gasteiger partial charge in [0.25, 0.3) is 0 Å².